The van der Waals surface area contributed by atoms with Crippen LogP contribution >= 0.6 is 15.9 Å². The lowest BCUT2D eigenvalue weighted by Gasteiger charge is -2.46. The Kier molecular flexibility index (Phi) is 15.5. The van der Waals surface area contributed by atoms with Crippen LogP contribution in [0.3, 0.4) is 0 Å². The van der Waals surface area contributed by atoms with Crippen LogP contribution in [0.5, 0.6) is 5.75 Å². The predicted octanol–water partition coefficient (Wildman–Crippen LogP) is 8.56. The highest BCUT2D eigenvalue weighted by molar-refractivity contribution is 9.09. The van der Waals surface area contributed by atoms with Crippen molar-refractivity contribution in [1.82, 2.24) is 14.7 Å². The Morgan fingerprint density at radius 1 is 0.891 bits per heavy atom. The topological polar surface area (TPSA) is 82.5 Å². The minimum Gasteiger partial charge on any atom is -0.489 e. The van der Waals surface area contributed by atoms with Crippen LogP contribution in [0, 0.1) is 5.82 Å². The summed E-state index contributed by atoms with van der Waals surface area (Å²) in [5.41, 5.74) is 2.68. The van der Waals surface area contributed by atoms with E-state index in [2.05, 4.69) is 20.8 Å². The predicted molar refractivity (Wildman–Crippen MR) is 218 cm³/mol. The molecule has 4 aromatic carbocycles. The molecule has 8 nitrogen and oxygen atoms in total. The number of halogens is 2. The average molecular weight is 815 g/mol. The zero-order valence-electron chi connectivity index (χ0n) is 32.0. The molecule has 1 aliphatic heterocycles. The molecule has 1 N–H and O–H groups in total. The largest absolute Gasteiger partial charge is 0.489 e. The van der Waals surface area contributed by atoms with E-state index < -0.39 is 35.7 Å². The zero-order chi connectivity index (χ0) is 39.2. The van der Waals surface area contributed by atoms with Gasteiger partial charge in [-0.3, -0.25) is 14.6 Å². The van der Waals surface area contributed by atoms with Gasteiger partial charge in [0.1, 0.15) is 29.8 Å². The first-order chi connectivity index (χ1) is 26.5. The molecule has 1 aliphatic rings. The Hall–Kier alpha value is -4.51. The van der Waals surface area contributed by atoms with E-state index in [1.54, 1.807) is 31.7 Å². The summed E-state index contributed by atoms with van der Waals surface area (Å²) < 4.78 is 27.1. The minimum absolute atomic E-state index is 0.153. The standard InChI is InChI=1S/C45H53BrFN3O5/c1-45(2,3)55-44(53)50-25-24-48(31-34-17-9-6-10-18-34)43(52)41(50)42(51)40(29-37-27-38(47)30-39(28-37)54-26-16-5-4-15-23-46)49(32-35-19-11-7-12-20-35)33-36-21-13-8-14-22-36/h5-14,16-22,27-28,30,40-42,51H,4,15,23-26,29,31-33H2,1-3H3/t40-,41-,42-/m0/s1. The molecule has 0 saturated carbocycles. The van der Waals surface area contributed by atoms with Gasteiger partial charge in [-0.05, 0) is 74.4 Å². The average Bonchev–Trinajstić information content (AvgIpc) is 3.16. The number of allylic oxidation sites excluding steroid dienone is 1. The molecule has 2 amide bonds. The Morgan fingerprint density at radius 2 is 1.49 bits per heavy atom. The van der Waals surface area contributed by atoms with Crippen LogP contribution in [-0.2, 0) is 35.6 Å². The van der Waals surface area contributed by atoms with Crippen LogP contribution in [0.4, 0.5) is 9.18 Å². The second-order valence-electron chi connectivity index (χ2n) is 14.9. The third-order valence-electron chi connectivity index (χ3n) is 9.39. The number of carbonyl (C=O) groups excluding carboxylic acids is 2. The number of amides is 2. The van der Waals surface area contributed by atoms with Crippen molar-refractivity contribution in [3.63, 3.8) is 0 Å². The van der Waals surface area contributed by atoms with Crippen molar-refractivity contribution in [3.8, 4) is 5.75 Å². The van der Waals surface area contributed by atoms with Crippen molar-refractivity contribution in [2.45, 2.75) is 83.5 Å². The molecule has 0 aliphatic carbocycles. The fourth-order valence-electron chi connectivity index (χ4n) is 6.81. The fourth-order valence-corrected chi connectivity index (χ4v) is 7.13. The van der Waals surface area contributed by atoms with Crippen LogP contribution in [-0.4, -0.2) is 80.6 Å². The van der Waals surface area contributed by atoms with Crippen LogP contribution < -0.4 is 4.74 Å². The van der Waals surface area contributed by atoms with Gasteiger partial charge >= 0.3 is 6.09 Å². The SMILES string of the molecule is CC(C)(C)OC(=O)N1CCN(Cc2ccccc2)C(=O)[C@@H]1[C@@H](O)[C@H](Cc1cc(F)cc(OCC=CCCCBr)c1)N(Cc1ccccc1)Cc1ccccc1. The van der Waals surface area contributed by atoms with E-state index in [4.69, 9.17) is 9.47 Å². The Bertz CT molecular complexity index is 1780. The quantitative estimate of drug-likeness (QED) is 0.0654. The van der Waals surface area contributed by atoms with Gasteiger partial charge in [-0.25, -0.2) is 9.18 Å². The van der Waals surface area contributed by atoms with Crippen molar-refractivity contribution in [1.29, 1.82) is 0 Å². The number of unbranched alkanes of at least 4 members (excludes halogenated alkanes) is 1. The van der Waals surface area contributed by atoms with E-state index in [0.717, 1.165) is 34.9 Å². The number of nitrogens with zero attached hydrogens (tertiary/aromatic N) is 3. The van der Waals surface area contributed by atoms with Crippen LogP contribution in [0.25, 0.3) is 0 Å². The molecular formula is C45H53BrFN3O5. The molecular weight excluding hydrogens is 761 g/mol. The van der Waals surface area contributed by atoms with Crippen molar-refractivity contribution >= 4 is 27.9 Å². The molecule has 5 rings (SSSR count). The summed E-state index contributed by atoms with van der Waals surface area (Å²) in [6, 6.07) is 32.0. The zero-order valence-corrected chi connectivity index (χ0v) is 33.6. The Labute approximate surface area is 333 Å². The summed E-state index contributed by atoms with van der Waals surface area (Å²) in [5, 5.41) is 13.7. The molecule has 0 bridgehead atoms. The first-order valence-corrected chi connectivity index (χ1v) is 20.1. The van der Waals surface area contributed by atoms with Crippen molar-refractivity contribution < 1.29 is 28.6 Å². The van der Waals surface area contributed by atoms with E-state index in [0.29, 0.717) is 30.9 Å². The van der Waals surface area contributed by atoms with Crippen LogP contribution in [0.15, 0.2) is 121 Å². The number of hydrogen-bond donors (Lipinski definition) is 1. The molecule has 0 aromatic heterocycles. The van der Waals surface area contributed by atoms with Crippen LogP contribution in [0.2, 0.25) is 0 Å². The van der Waals surface area contributed by atoms with Crippen LogP contribution in [0.1, 0.15) is 55.9 Å². The molecule has 1 heterocycles. The first-order valence-electron chi connectivity index (χ1n) is 19.0. The number of piperazine rings is 1. The highest BCUT2D eigenvalue weighted by atomic mass is 79.9. The Balaban J connectivity index is 1.56. The van der Waals surface area contributed by atoms with E-state index in [-0.39, 0.29) is 32.0 Å². The van der Waals surface area contributed by atoms with E-state index in [1.807, 2.05) is 103 Å². The molecule has 0 radical (unpaired) electrons. The minimum atomic E-state index is -1.41. The van der Waals surface area contributed by atoms with E-state index in [1.165, 1.54) is 17.0 Å². The number of rotatable bonds is 17. The second kappa shape index (κ2) is 20.4. The third kappa shape index (κ3) is 12.8. The number of alkyl halides is 1. The lowest BCUT2D eigenvalue weighted by molar-refractivity contribution is -0.150. The molecule has 1 fully saturated rings. The van der Waals surface area contributed by atoms with E-state index >= 15 is 4.39 Å². The number of ether oxygens (including phenoxy) is 2. The molecule has 1 saturated heterocycles. The normalized spacial score (nSPS) is 16.1. The summed E-state index contributed by atoms with van der Waals surface area (Å²) in [5.74, 6) is -0.489. The molecule has 3 atom stereocenters. The third-order valence-corrected chi connectivity index (χ3v) is 9.95. The highest BCUT2D eigenvalue weighted by Gasteiger charge is 2.47. The summed E-state index contributed by atoms with van der Waals surface area (Å²) >= 11 is 3.44. The van der Waals surface area contributed by atoms with Gasteiger partial charge in [0, 0.05) is 50.2 Å². The molecule has 4 aromatic rings. The lowest BCUT2D eigenvalue weighted by atomic mass is 9.91. The molecule has 10 heteroatoms. The lowest BCUT2D eigenvalue weighted by Crippen LogP contribution is -2.66. The highest BCUT2D eigenvalue weighted by Crippen LogP contribution is 2.29. The monoisotopic (exact) mass is 813 g/mol. The van der Waals surface area contributed by atoms with Gasteiger partial charge in [0.25, 0.3) is 0 Å². The van der Waals surface area contributed by atoms with Crippen molar-refractivity contribution in [3.05, 3.63) is 149 Å². The van der Waals surface area contributed by atoms with Gasteiger partial charge in [0.15, 0.2) is 0 Å². The fraction of sp³-hybridized carbons (Fsp3) is 0.378. The van der Waals surface area contributed by atoms with Gasteiger partial charge < -0.3 is 19.5 Å². The maximum absolute atomic E-state index is 15.3. The summed E-state index contributed by atoms with van der Waals surface area (Å²) in [7, 11) is 0. The summed E-state index contributed by atoms with van der Waals surface area (Å²) in [4.78, 5) is 33.7. The van der Waals surface area contributed by atoms with Crippen molar-refractivity contribution in [2.24, 2.45) is 0 Å². The number of aliphatic hydroxyl groups excluding tert-OH is 1. The molecule has 0 unspecified atom stereocenters. The van der Waals surface area contributed by atoms with Gasteiger partial charge in [-0.1, -0.05) is 119 Å². The maximum Gasteiger partial charge on any atom is 0.411 e. The smallest absolute Gasteiger partial charge is 0.411 e. The molecule has 292 valence electrons. The maximum atomic E-state index is 15.3. The van der Waals surface area contributed by atoms with Gasteiger partial charge in [0.2, 0.25) is 5.91 Å². The van der Waals surface area contributed by atoms with E-state index in [9.17, 15) is 14.7 Å². The van der Waals surface area contributed by atoms with Gasteiger partial charge in [-0.2, -0.15) is 0 Å². The number of hydrogen-bond acceptors (Lipinski definition) is 6. The van der Waals surface area contributed by atoms with Gasteiger partial charge in [0.05, 0.1) is 6.10 Å². The number of carbonyl (C=O) groups is 2. The first kappa shape index (κ1) is 41.6. The molecule has 55 heavy (non-hydrogen) atoms. The summed E-state index contributed by atoms with van der Waals surface area (Å²) in [6.07, 6.45) is 3.94. The number of benzene rings is 4. The number of aliphatic hydroxyl groups is 1. The Morgan fingerprint density at radius 3 is 2.07 bits per heavy atom. The summed E-state index contributed by atoms with van der Waals surface area (Å²) in [6.45, 7) is 7.19. The second-order valence-corrected chi connectivity index (χ2v) is 15.7. The van der Waals surface area contributed by atoms with Gasteiger partial charge in [-0.15, -0.1) is 0 Å². The molecule has 0 spiro atoms. The van der Waals surface area contributed by atoms with Crippen molar-refractivity contribution in [2.75, 3.05) is 25.0 Å².